The zero-order chi connectivity index (χ0) is 15.4. The molecule has 1 saturated heterocycles. The second kappa shape index (κ2) is 6.76. The van der Waals surface area contributed by atoms with Gasteiger partial charge in [-0.15, -0.1) is 0 Å². The van der Waals surface area contributed by atoms with Crippen LogP contribution in [0, 0.1) is 5.82 Å². The molecule has 2 rings (SSSR count). The number of rotatable bonds is 2. The van der Waals surface area contributed by atoms with Crippen LogP contribution >= 0.6 is 11.6 Å². The number of hydrogen-bond acceptors (Lipinski definition) is 3. The number of halogens is 2. The summed E-state index contributed by atoms with van der Waals surface area (Å²) in [6.07, 6.45) is -0.390. The summed E-state index contributed by atoms with van der Waals surface area (Å²) in [7, 11) is 0. The van der Waals surface area contributed by atoms with Crippen LogP contribution in [0.4, 0.5) is 9.18 Å². The van der Waals surface area contributed by atoms with E-state index in [1.807, 2.05) is 0 Å². The average molecular weight is 315 g/mol. The molecule has 0 saturated carbocycles. The van der Waals surface area contributed by atoms with Gasteiger partial charge in [-0.2, -0.15) is 0 Å². The van der Waals surface area contributed by atoms with Gasteiger partial charge in [0.05, 0.1) is 12.2 Å². The summed E-state index contributed by atoms with van der Waals surface area (Å²) in [5, 5.41) is 0.310. The second-order valence-electron chi connectivity index (χ2n) is 4.60. The molecule has 0 aromatic heterocycles. The van der Waals surface area contributed by atoms with Crippen LogP contribution < -0.4 is 0 Å². The number of hydrogen-bond donors (Lipinski definition) is 0. The van der Waals surface area contributed by atoms with Crippen LogP contribution in [0.1, 0.15) is 17.3 Å². The minimum atomic E-state index is -0.600. The van der Waals surface area contributed by atoms with Crippen molar-refractivity contribution >= 4 is 23.6 Å². The number of nitrogens with zero attached hydrogens (tertiary/aromatic N) is 2. The molecule has 1 aromatic rings. The third kappa shape index (κ3) is 3.64. The fraction of sp³-hybridized carbons (Fsp3) is 0.429. The highest BCUT2D eigenvalue weighted by molar-refractivity contribution is 6.31. The standard InChI is InChI=1S/C14H16ClFN2O3/c1-2-21-14(20)18-7-5-17(6-8-18)13(19)11-9-10(15)3-4-12(11)16/h3-4,9H,2,5-8H2,1H3. The van der Waals surface area contributed by atoms with Crippen molar-refractivity contribution < 1.29 is 18.7 Å². The minimum absolute atomic E-state index is 0.0490. The lowest BCUT2D eigenvalue weighted by atomic mass is 10.1. The van der Waals surface area contributed by atoms with E-state index < -0.39 is 17.8 Å². The van der Waals surface area contributed by atoms with Gasteiger partial charge in [0.2, 0.25) is 0 Å². The molecule has 0 radical (unpaired) electrons. The van der Waals surface area contributed by atoms with E-state index in [0.717, 1.165) is 0 Å². The first kappa shape index (κ1) is 15.6. The number of carbonyl (C=O) groups excluding carboxylic acids is 2. The van der Waals surface area contributed by atoms with Crippen LogP contribution in [0.2, 0.25) is 5.02 Å². The number of ether oxygens (including phenoxy) is 1. The van der Waals surface area contributed by atoms with Gasteiger partial charge in [0.25, 0.3) is 5.91 Å². The van der Waals surface area contributed by atoms with E-state index in [1.165, 1.54) is 28.0 Å². The smallest absolute Gasteiger partial charge is 0.409 e. The lowest BCUT2D eigenvalue weighted by Gasteiger charge is -2.34. The van der Waals surface area contributed by atoms with E-state index in [-0.39, 0.29) is 5.56 Å². The lowest BCUT2D eigenvalue weighted by molar-refractivity contribution is 0.0567. The SMILES string of the molecule is CCOC(=O)N1CCN(C(=O)c2cc(Cl)ccc2F)CC1. The van der Waals surface area contributed by atoms with Gasteiger partial charge in [-0.1, -0.05) is 11.6 Å². The maximum atomic E-state index is 13.7. The molecule has 1 fully saturated rings. The van der Waals surface area contributed by atoms with Crippen LogP contribution in [-0.2, 0) is 4.74 Å². The predicted octanol–water partition coefficient (Wildman–Crippen LogP) is 2.39. The van der Waals surface area contributed by atoms with E-state index >= 15 is 0 Å². The van der Waals surface area contributed by atoms with Crippen LogP contribution in [-0.4, -0.2) is 54.6 Å². The molecular weight excluding hydrogens is 299 g/mol. The van der Waals surface area contributed by atoms with Gasteiger partial charge in [0.1, 0.15) is 5.82 Å². The Morgan fingerprint density at radius 2 is 1.86 bits per heavy atom. The number of amides is 2. The lowest BCUT2D eigenvalue weighted by Crippen LogP contribution is -2.50. The van der Waals surface area contributed by atoms with E-state index in [9.17, 15) is 14.0 Å². The molecule has 0 spiro atoms. The third-order valence-electron chi connectivity index (χ3n) is 3.25. The van der Waals surface area contributed by atoms with Crippen molar-refractivity contribution in [3.05, 3.63) is 34.6 Å². The minimum Gasteiger partial charge on any atom is -0.450 e. The fourth-order valence-corrected chi connectivity index (χ4v) is 2.31. The normalized spacial score (nSPS) is 15.0. The van der Waals surface area contributed by atoms with Gasteiger partial charge in [-0.3, -0.25) is 4.79 Å². The number of piperazine rings is 1. The highest BCUT2D eigenvalue weighted by Gasteiger charge is 2.26. The quantitative estimate of drug-likeness (QED) is 0.842. The fourth-order valence-electron chi connectivity index (χ4n) is 2.14. The van der Waals surface area contributed by atoms with Crippen molar-refractivity contribution in [3.8, 4) is 0 Å². The Balaban J connectivity index is 2.00. The van der Waals surface area contributed by atoms with E-state index in [1.54, 1.807) is 6.92 Å². The van der Waals surface area contributed by atoms with Gasteiger partial charge in [-0.05, 0) is 25.1 Å². The molecule has 0 N–H and O–H groups in total. The van der Waals surface area contributed by atoms with Crippen molar-refractivity contribution in [2.75, 3.05) is 32.8 Å². The van der Waals surface area contributed by atoms with Crippen molar-refractivity contribution in [1.29, 1.82) is 0 Å². The molecule has 1 heterocycles. The van der Waals surface area contributed by atoms with E-state index in [4.69, 9.17) is 16.3 Å². The number of carbonyl (C=O) groups is 2. The van der Waals surface area contributed by atoms with Gasteiger partial charge < -0.3 is 14.5 Å². The predicted molar refractivity (Wildman–Crippen MR) is 75.9 cm³/mol. The Kier molecular flexibility index (Phi) is 5.01. The van der Waals surface area contributed by atoms with Crippen LogP contribution in [0.25, 0.3) is 0 Å². The Labute approximate surface area is 127 Å². The first-order chi connectivity index (χ1) is 10.0. The van der Waals surface area contributed by atoms with Gasteiger partial charge in [0.15, 0.2) is 0 Å². The second-order valence-corrected chi connectivity index (χ2v) is 5.04. The van der Waals surface area contributed by atoms with Crippen molar-refractivity contribution in [3.63, 3.8) is 0 Å². The van der Waals surface area contributed by atoms with Crippen LogP contribution in [0.3, 0.4) is 0 Å². The van der Waals surface area contributed by atoms with Gasteiger partial charge in [0, 0.05) is 31.2 Å². The Bertz CT molecular complexity index is 545. The summed E-state index contributed by atoms with van der Waals surface area (Å²) in [6.45, 7) is 3.46. The largest absolute Gasteiger partial charge is 0.450 e. The molecular formula is C14H16ClFN2O3. The molecule has 1 aliphatic rings. The van der Waals surface area contributed by atoms with Crippen LogP contribution in [0.5, 0.6) is 0 Å². The Morgan fingerprint density at radius 1 is 1.24 bits per heavy atom. The maximum absolute atomic E-state index is 13.7. The zero-order valence-electron chi connectivity index (χ0n) is 11.6. The monoisotopic (exact) mass is 314 g/mol. The summed E-state index contributed by atoms with van der Waals surface area (Å²) in [6, 6.07) is 3.88. The summed E-state index contributed by atoms with van der Waals surface area (Å²) in [4.78, 5) is 26.9. The Hall–Kier alpha value is -1.82. The number of benzene rings is 1. The highest BCUT2D eigenvalue weighted by Crippen LogP contribution is 2.17. The first-order valence-corrected chi connectivity index (χ1v) is 7.06. The molecule has 114 valence electrons. The topological polar surface area (TPSA) is 49.9 Å². The molecule has 0 unspecified atom stereocenters. The maximum Gasteiger partial charge on any atom is 0.409 e. The molecule has 1 aliphatic heterocycles. The molecule has 5 nitrogen and oxygen atoms in total. The molecule has 7 heteroatoms. The van der Waals surface area contributed by atoms with E-state index in [0.29, 0.717) is 37.8 Å². The van der Waals surface area contributed by atoms with Crippen LogP contribution in [0.15, 0.2) is 18.2 Å². The molecule has 0 aliphatic carbocycles. The van der Waals surface area contributed by atoms with E-state index in [2.05, 4.69) is 0 Å². The third-order valence-corrected chi connectivity index (χ3v) is 3.49. The highest BCUT2D eigenvalue weighted by atomic mass is 35.5. The Morgan fingerprint density at radius 3 is 2.48 bits per heavy atom. The first-order valence-electron chi connectivity index (χ1n) is 6.69. The molecule has 1 aromatic carbocycles. The van der Waals surface area contributed by atoms with Gasteiger partial charge in [-0.25, -0.2) is 9.18 Å². The average Bonchev–Trinajstić information content (AvgIpc) is 2.49. The van der Waals surface area contributed by atoms with Crippen molar-refractivity contribution in [2.24, 2.45) is 0 Å². The summed E-state index contributed by atoms with van der Waals surface area (Å²) < 4.78 is 18.6. The molecule has 2 amide bonds. The molecule has 0 atom stereocenters. The molecule has 21 heavy (non-hydrogen) atoms. The summed E-state index contributed by atoms with van der Waals surface area (Å²) in [5.41, 5.74) is -0.0490. The summed E-state index contributed by atoms with van der Waals surface area (Å²) in [5.74, 6) is -1.02. The van der Waals surface area contributed by atoms with Crippen molar-refractivity contribution in [1.82, 2.24) is 9.80 Å². The summed E-state index contributed by atoms with van der Waals surface area (Å²) >= 11 is 5.79. The van der Waals surface area contributed by atoms with Crippen molar-refractivity contribution in [2.45, 2.75) is 6.92 Å². The van der Waals surface area contributed by atoms with Gasteiger partial charge >= 0.3 is 6.09 Å². The molecule has 0 bridgehead atoms. The zero-order valence-corrected chi connectivity index (χ0v) is 12.4.